The lowest BCUT2D eigenvalue weighted by atomic mass is 10.0. The van der Waals surface area contributed by atoms with Gasteiger partial charge in [-0.25, -0.2) is 13.2 Å². The second kappa shape index (κ2) is 7.98. The SMILES string of the molecule is COc1ccc(C(CCOCC(F)F)NN)c(F)c1. The molecule has 0 saturated heterocycles. The van der Waals surface area contributed by atoms with E-state index >= 15 is 0 Å². The Morgan fingerprint density at radius 3 is 2.63 bits per heavy atom. The van der Waals surface area contributed by atoms with E-state index < -0.39 is 24.9 Å². The van der Waals surface area contributed by atoms with Crippen LogP contribution in [0.5, 0.6) is 5.75 Å². The summed E-state index contributed by atoms with van der Waals surface area (Å²) in [4.78, 5) is 0. The highest BCUT2D eigenvalue weighted by Gasteiger charge is 2.15. The largest absolute Gasteiger partial charge is 0.497 e. The standard InChI is InChI=1S/C12H17F3N2O2/c1-18-8-2-3-9(10(13)6-8)11(17-16)4-5-19-7-12(14)15/h2-3,6,11-12,17H,4-5,7,16H2,1H3. The van der Waals surface area contributed by atoms with Crippen molar-refractivity contribution < 1.29 is 22.6 Å². The van der Waals surface area contributed by atoms with Gasteiger partial charge >= 0.3 is 0 Å². The summed E-state index contributed by atoms with van der Waals surface area (Å²) < 4.78 is 47.1. The van der Waals surface area contributed by atoms with Gasteiger partial charge in [0.05, 0.1) is 13.2 Å². The Labute approximate surface area is 109 Å². The number of hydrogen-bond donors (Lipinski definition) is 2. The van der Waals surface area contributed by atoms with Crippen LogP contribution in [0.1, 0.15) is 18.0 Å². The first kappa shape index (κ1) is 15.7. The summed E-state index contributed by atoms with van der Waals surface area (Å²) in [5.74, 6) is 5.25. The number of benzene rings is 1. The van der Waals surface area contributed by atoms with Crippen LogP contribution in [0.15, 0.2) is 18.2 Å². The monoisotopic (exact) mass is 278 g/mol. The number of hydrazine groups is 1. The van der Waals surface area contributed by atoms with E-state index in [2.05, 4.69) is 5.43 Å². The van der Waals surface area contributed by atoms with Crippen molar-refractivity contribution in [3.05, 3.63) is 29.6 Å². The fourth-order valence-electron chi connectivity index (χ4n) is 1.62. The molecule has 0 heterocycles. The molecule has 1 rings (SSSR count). The topological polar surface area (TPSA) is 56.5 Å². The Balaban J connectivity index is 2.59. The quantitative estimate of drug-likeness (QED) is 0.434. The van der Waals surface area contributed by atoms with E-state index in [1.54, 1.807) is 6.07 Å². The van der Waals surface area contributed by atoms with Crippen molar-refractivity contribution in [2.75, 3.05) is 20.3 Å². The zero-order valence-electron chi connectivity index (χ0n) is 10.5. The molecule has 108 valence electrons. The maximum absolute atomic E-state index is 13.8. The second-order valence-electron chi connectivity index (χ2n) is 3.86. The van der Waals surface area contributed by atoms with Gasteiger partial charge in [-0.05, 0) is 12.5 Å². The molecule has 0 spiro atoms. The normalized spacial score (nSPS) is 12.7. The lowest BCUT2D eigenvalue weighted by Gasteiger charge is -2.17. The Kier molecular flexibility index (Phi) is 6.61. The summed E-state index contributed by atoms with van der Waals surface area (Å²) in [6.45, 7) is -0.576. The lowest BCUT2D eigenvalue weighted by Crippen LogP contribution is -2.29. The minimum absolute atomic E-state index is 0.0602. The summed E-state index contributed by atoms with van der Waals surface area (Å²) in [6.07, 6.45) is -2.23. The average molecular weight is 278 g/mol. The van der Waals surface area contributed by atoms with Gasteiger partial charge in [0.2, 0.25) is 0 Å². The third kappa shape index (κ3) is 5.06. The van der Waals surface area contributed by atoms with Crippen molar-refractivity contribution in [1.29, 1.82) is 0 Å². The number of halogens is 3. The molecule has 7 heteroatoms. The van der Waals surface area contributed by atoms with Crippen LogP contribution in [-0.2, 0) is 4.74 Å². The first-order valence-electron chi connectivity index (χ1n) is 5.74. The van der Waals surface area contributed by atoms with Crippen LogP contribution >= 0.6 is 0 Å². The predicted octanol–water partition coefficient (Wildman–Crippen LogP) is 2.01. The van der Waals surface area contributed by atoms with Crippen LogP contribution < -0.4 is 16.0 Å². The van der Waals surface area contributed by atoms with E-state index in [1.165, 1.54) is 19.2 Å². The van der Waals surface area contributed by atoms with Crippen LogP contribution in [0.2, 0.25) is 0 Å². The highest BCUT2D eigenvalue weighted by Crippen LogP contribution is 2.23. The Morgan fingerprint density at radius 1 is 1.37 bits per heavy atom. The molecule has 0 aliphatic rings. The van der Waals surface area contributed by atoms with Gasteiger partial charge in [-0.15, -0.1) is 0 Å². The Morgan fingerprint density at radius 2 is 2.11 bits per heavy atom. The smallest absolute Gasteiger partial charge is 0.261 e. The fourth-order valence-corrected chi connectivity index (χ4v) is 1.62. The minimum atomic E-state index is -2.51. The number of hydrogen-bond acceptors (Lipinski definition) is 4. The zero-order chi connectivity index (χ0) is 14.3. The molecule has 1 unspecified atom stereocenters. The van der Waals surface area contributed by atoms with E-state index in [0.717, 1.165) is 0 Å². The van der Waals surface area contributed by atoms with Crippen molar-refractivity contribution in [3.8, 4) is 5.75 Å². The minimum Gasteiger partial charge on any atom is -0.497 e. The molecule has 19 heavy (non-hydrogen) atoms. The van der Waals surface area contributed by atoms with Gasteiger partial charge in [-0.1, -0.05) is 6.07 Å². The van der Waals surface area contributed by atoms with Crippen LogP contribution in [0, 0.1) is 5.82 Å². The van der Waals surface area contributed by atoms with Crippen LogP contribution in [0.4, 0.5) is 13.2 Å². The summed E-state index contributed by atoms with van der Waals surface area (Å²) in [7, 11) is 1.44. The molecule has 0 bridgehead atoms. The number of methoxy groups -OCH3 is 1. The molecule has 0 amide bonds. The summed E-state index contributed by atoms with van der Waals surface area (Å²) >= 11 is 0. The molecule has 0 aliphatic heterocycles. The van der Waals surface area contributed by atoms with Gasteiger partial charge in [-0.2, -0.15) is 0 Å². The second-order valence-corrected chi connectivity index (χ2v) is 3.86. The maximum atomic E-state index is 13.8. The van der Waals surface area contributed by atoms with Crippen molar-refractivity contribution >= 4 is 0 Å². The lowest BCUT2D eigenvalue weighted by molar-refractivity contribution is 0.0143. The molecule has 0 aromatic heterocycles. The molecule has 1 aromatic rings. The number of nitrogens with two attached hydrogens (primary N) is 1. The van der Waals surface area contributed by atoms with Crippen molar-refractivity contribution in [1.82, 2.24) is 5.43 Å². The first-order valence-corrected chi connectivity index (χ1v) is 5.74. The average Bonchev–Trinajstić information content (AvgIpc) is 2.39. The van der Waals surface area contributed by atoms with Gasteiger partial charge in [-0.3, -0.25) is 11.3 Å². The van der Waals surface area contributed by atoms with E-state index in [4.69, 9.17) is 15.3 Å². The van der Waals surface area contributed by atoms with Crippen LogP contribution in [0.3, 0.4) is 0 Å². The predicted molar refractivity (Wildman–Crippen MR) is 64.5 cm³/mol. The van der Waals surface area contributed by atoms with E-state index in [9.17, 15) is 13.2 Å². The summed E-state index contributed by atoms with van der Waals surface area (Å²) in [5, 5.41) is 0. The van der Waals surface area contributed by atoms with E-state index in [0.29, 0.717) is 11.3 Å². The first-order chi connectivity index (χ1) is 9.08. The van der Waals surface area contributed by atoms with E-state index in [-0.39, 0.29) is 13.0 Å². The van der Waals surface area contributed by atoms with Gasteiger partial charge in [0.1, 0.15) is 18.2 Å². The number of nitrogens with one attached hydrogen (secondary N) is 1. The molecule has 1 aromatic carbocycles. The Hall–Kier alpha value is -1.31. The van der Waals surface area contributed by atoms with Crippen LogP contribution in [0.25, 0.3) is 0 Å². The number of ether oxygens (including phenoxy) is 2. The molecule has 0 aliphatic carbocycles. The van der Waals surface area contributed by atoms with Crippen LogP contribution in [-0.4, -0.2) is 26.7 Å². The third-order valence-corrected chi connectivity index (χ3v) is 2.58. The van der Waals surface area contributed by atoms with E-state index in [1.807, 2.05) is 0 Å². The molecular formula is C12H17F3N2O2. The molecule has 0 saturated carbocycles. The van der Waals surface area contributed by atoms with Gasteiger partial charge in [0.15, 0.2) is 0 Å². The van der Waals surface area contributed by atoms with Gasteiger partial charge in [0.25, 0.3) is 6.43 Å². The summed E-state index contributed by atoms with van der Waals surface area (Å²) in [5.41, 5.74) is 2.77. The number of alkyl halides is 2. The summed E-state index contributed by atoms with van der Waals surface area (Å²) in [6, 6.07) is 3.86. The number of rotatable bonds is 8. The molecule has 3 N–H and O–H groups in total. The van der Waals surface area contributed by atoms with Crippen molar-refractivity contribution in [3.63, 3.8) is 0 Å². The molecule has 1 atom stereocenters. The highest BCUT2D eigenvalue weighted by molar-refractivity contribution is 5.30. The highest BCUT2D eigenvalue weighted by atomic mass is 19.3. The van der Waals surface area contributed by atoms with Crippen molar-refractivity contribution in [2.45, 2.75) is 18.9 Å². The fraction of sp³-hybridized carbons (Fsp3) is 0.500. The maximum Gasteiger partial charge on any atom is 0.261 e. The van der Waals surface area contributed by atoms with Gasteiger partial charge in [0, 0.05) is 18.2 Å². The molecule has 0 radical (unpaired) electrons. The van der Waals surface area contributed by atoms with Gasteiger partial charge < -0.3 is 9.47 Å². The third-order valence-electron chi connectivity index (χ3n) is 2.58. The molecule has 0 fully saturated rings. The zero-order valence-corrected chi connectivity index (χ0v) is 10.5. The van der Waals surface area contributed by atoms with Crippen molar-refractivity contribution in [2.24, 2.45) is 5.84 Å². The molecule has 4 nitrogen and oxygen atoms in total. The molecular weight excluding hydrogens is 261 g/mol. The Bertz CT molecular complexity index is 391.